The Morgan fingerprint density at radius 2 is 0.976 bits per heavy atom. The number of rotatable bonds is 4. The first-order chi connectivity index (χ1) is 19.1. The van der Waals surface area contributed by atoms with E-state index in [1.54, 1.807) is 30.3 Å². The molecule has 0 amide bonds. The Hall–Kier alpha value is -3.03. The summed E-state index contributed by atoms with van der Waals surface area (Å²) in [5, 5.41) is 8.54. The number of benzene rings is 4. The van der Waals surface area contributed by atoms with Gasteiger partial charge in [0.2, 0.25) is 0 Å². The lowest BCUT2D eigenvalue weighted by atomic mass is 10.1. The van der Waals surface area contributed by atoms with E-state index >= 15 is 0 Å². The van der Waals surface area contributed by atoms with Crippen molar-refractivity contribution in [1.29, 1.82) is 0 Å². The summed E-state index contributed by atoms with van der Waals surface area (Å²) < 4.78 is 118. The highest BCUT2D eigenvalue weighted by Crippen LogP contribution is 2.40. The summed E-state index contributed by atoms with van der Waals surface area (Å²) in [5.41, 5.74) is -1.60. The van der Waals surface area contributed by atoms with E-state index in [0.29, 0.717) is 17.7 Å². The number of aliphatic hydroxyl groups is 1. The second kappa shape index (κ2) is 15.3. The average Bonchev–Trinajstić information content (AvgIpc) is 2.86. The van der Waals surface area contributed by atoms with Gasteiger partial charge in [-0.3, -0.25) is 0 Å². The van der Waals surface area contributed by atoms with Gasteiger partial charge in [0.05, 0.1) is 6.61 Å². The van der Waals surface area contributed by atoms with Crippen molar-refractivity contribution in [3.63, 3.8) is 0 Å². The second-order valence-electron chi connectivity index (χ2n) is 7.92. The van der Waals surface area contributed by atoms with E-state index in [1.165, 1.54) is 0 Å². The third-order valence-electron chi connectivity index (χ3n) is 4.86. The van der Waals surface area contributed by atoms with Crippen molar-refractivity contribution in [2.75, 3.05) is 0 Å². The fourth-order valence-corrected chi connectivity index (χ4v) is 3.88. The fraction of sp³-hybridized carbons (Fsp3) is 0.143. The van der Waals surface area contributed by atoms with E-state index in [1.807, 2.05) is 30.3 Å². The fourth-order valence-electron chi connectivity index (χ4n) is 3.07. The Morgan fingerprint density at radius 1 is 0.585 bits per heavy atom. The molecule has 220 valence electrons. The van der Waals surface area contributed by atoms with Crippen LogP contribution in [0.5, 0.6) is 5.75 Å². The SMILES string of the molecule is Fc1cc(Br)cc(F)c1C(F)(F)F.Fc1cc(Br)cc(OCc2ccccc2)c1C(F)(F)F.OCc1ccccc1. The molecule has 13 heteroatoms. The van der Waals surface area contributed by atoms with Gasteiger partial charge >= 0.3 is 12.4 Å². The zero-order chi connectivity index (χ0) is 30.8. The first kappa shape index (κ1) is 34.2. The molecule has 0 fully saturated rings. The number of hydrogen-bond donors (Lipinski definition) is 1. The van der Waals surface area contributed by atoms with Crippen LogP contribution in [0.15, 0.2) is 93.9 Å². The molecule has 0 aliphatic rings. The lowest BCUT2D eigenvalue weighted by Crippen LogP contribution is -2.11. The summed E-state index contributed by atoms with van der Waals surface area (Å²) in [4.78, 5) is 0. The van der Waals surface area contributed by atoms with Crippen molar-refractivity contribution in [2.24, 2.45) is 0 Å². The Balaban J connectivity index is 0.000000239. The molecule has 1 N–H and O–H groups in total. The van der Waals surface area contributed by atoms with E-state index < -0.39 is 46.7 Å². The molecule has 0 aliphatic carbocycles. The van der Waals surface area contributed by atoms with Crippen LogP contribution < -0.4 is 4.74 Å². The van der Waals surface area contributed by atoms with Gasteiger partial charge in [-0.2, -0.15) is 26.3 Å². The lowest BCUT2D eigenvalue weighted by Gasteiger charge is -2.15. The molecular weight excluding hydrogens is 699 g/mol. The quantitative estimate of drug-likeness (QED) is 0.213. The van der Waals surface area contributed by atoms with Crippen LogP contribution in [0.2, 0.25) is 0 Å². The summed E-state index contributed by atoms with van der Waals surface area (Å²) in [6, 6.07) is 21.2. The molecule has 0 atom stereocenters. The zero-order valence-corrected chi connectivity index (χ0v) is 23.7. The second-order valence-corrected chi connectivity index (χ2v) is 9.75. The lowest BCUT2D eigenvalue weighted by molar-refractivity contribution is -0.143. The van der Waals surface area contributed by atoms with Gasteiger partial charge in [-0.05, 0) is 35.4 Å². The molecule has 2 nitrogen and oxygen atoms in total. The van der Waals surface area contributed by atoms with Crippen LogP contribution >= 0.6 is 31.9 Å². The first-order valence-electron chi connectivity index (χ1n) is 11.2. The van der Waals surface area contributed by atoms with E-state index in [4.69, 9.17) is 9.84 Å². The van der Waals surface area contributed by atoms with Gasteiger partial charge < -0.3 is 9.84 Å². The Bertz CT molecular complexity index is 1370. The van der Waals surface area contributed by atoms with Crippen molar-refractivity contribution in [2.45, 2.75) is 25.6 Å². The normalized spacial score (nSPS) is 11.1. The summed E-state index contributed by atoms with van der Waals surface area (Å²) >= 11 is 5.62. The molecule has 4 aromatic rings. The van der Waals surface area contributed by atoms with Gasteiger partial charge in [-0.25, -0.2) is 13.2 Å². The highest BCUT2D eigenvalue weighted by atomic mass is 79.9. The number of aliphatic hydroxyl groups excluding tert-OH is 1. The average molecular weight is 718 g/mol. The van der Waals surface area contributed by atoms with Crippen molar-refractivity contribution < 1.29 is 49.4 Å². The van der Waals surface area contributed by atoms with Crippen molar-refractivity contribution in [3.8, 4) is 5.75 Å². The Morgan fingerprint density at radius 3 is 1.37 bits per heavy atom. The highest BCUT2D eigenvalue weighted by Gasteiger charge is 2.39. The molecule has 41 heavy (non-hydrogen) atoms. The van der Waals surface area contributed by atoms with Crippen LogP contribution in [0.4, 0.5) is 39.5 Å². The molecule has 0 bridgehead atoms. The minimum absolute atomic E-state index is 0.0696. The van der Waals surface area contributed by atoms with Crippen LogP contribution in [0.1, 0.15) is 22.3 Å². The van der Waals surface area contributed by atoms with Gasteiger partial charge in [0.25, 0.3) is 0 Å². The Kier molecular flexibility index (Phi) is 12.7. The van der Waals surface area contributed by atoms with E-state index in [0.717, 1.165) is 17.7 Å². The third-order valence-corrected chi connectivity index (χ3v) is 5.77. The standard InChI is InChI=1S/C14H9BrF4O.C7H2BrF5.C7H8O/c15-10-6-11(16)13(14(17,18)19)12(7-10)20-8-9-4-2-1-3-5-9;8-3-1-4(9)6(5(10)2-3)7(11,12)13;8-6-7-4-2-1-3-5-7/h1-7H,8H2;1-2H;1-5,8H,6H2. The van der Waals surface area contributed by atoms with Crippen LogP contribution in [0, 0.1) is 17.5 Å². The van der Waals surface area contributed by atoms with Gasteiger partial charge in [-0.1, -0.05) is 92.5 Å². The summed E-state index contributed by atoms with van der Waals surface area (Å²) in [6.45, 7) is 0.0701. The first-order valence-corrected chi connectivity index (χ1v) is 12.8. The van der Waals surface area contributed by atoms with Crippen LogP contribution in [0.25, 0.3) is 0 Å². The molecule has 0 heterocycles. The van der Waals surface area contributed by atoms with E-state index in [9.17, 15) is 39.5 Å². The molecule has 4 rings (SSSR count). The Labute approximate surface area is 245 Å². The number of ether oxygens (including phenoxy) is 1. The van der Waals surface area contributed by atoms with Crippen molar-refractivity contribution in [1.82, 2.24) is 0 Å². The smallest absolute Gasteiger partial charge is 0.422 e. The predicted octanol–water partition coefficient (Wildman–Crippen LogP) is 10.1. The molecule has 0 saturated heterocycles. The van der Waals surface area contributed by atoms with Crippen molar-refractivity contribution in [3.05, 3.63) is 134 Å². The predicted molar refractivity (Wildman–Crippen MR) is 141 cm³/mol. The molecule has 0 saturated carbocycles. The van der Waals surface area contributed by atoms with Gasteiger partial charge in [0.15, 0.2) is 0 Å². The number of halogens is 11. The van der Waals surface area contributed by atoms with Crippen LogP contribution in [-0.4, -0.2) is 5.11 Å². The molecule has 4 aromatic carbocycles. The molecule has 0 spiro atoms. The zero-order valence-electron chi connectivity index (χ0n) is 20.5. The molecule has 0 aliphatic heterocycles. The summed E-state index contributed by atoms with van der Waals surface area (Å²) in [7, 11) is 0. The molecule has 0 radical (unpaired) electrons. The maximum absolute atomic E-state index is 13.5. The minimum Gasteiger partial charge on any atom is -0.488 e. The van der Waals surface area contributed by atoms with Gasteiger partial charge in [0, 0.05) is 8.95 Å². The number of hydrogen-bond acceptors (Lipinski definition) is 2. The summed E-state index contributed by atoms with van der Waals surface area (Å²) in [6.07, 6.45) is -9.81. The van der Waals surface area contributed by atoms with Gasteiger partial charge in [-0.15, -0.1) is 0 Å². The highest BCUT2D eigenvalue weighted by molar-refractivity contribution is 9.10. The van der Waals surface area contributed by atoms with E-state index in [2.05, 4.69) is 31.9 Å². The summed E-state index contributed by atoms with van der Waals surface area (Å²) in [5.74, 6) is -5.15. The minimum atomic E-state index is -5.01. The van der Waals surface area contributed by atoms with E-state index in [-0.39, 0.29) is 22.2 Å². The van der Waals surface area contributed by atoms with Crippen LogP contribution in [-0.2, 0) is 25.6 Å². The maximum Gasteiger partial charge on any atom is 0.422 e. The molecule has 0 unspecified atom stereocenters. The van der Waals surface area contributed by atoms with Crippen molar-refractivity contribution >= 4 is 31.9 Å². The topological polar surface area (TPSA) is 29.5 Å². The van der Waals surface area contributed by atoms with Gasteiger partial charge in [0.1, 0.15) is 40.9 Å². The maximum atomic E-state index is 13.5. The largest absolute Gasteiger partial charge is 0.488 e. The van der Waals surface area contributed by atoms with Crippen LogP contribution in [0.3, 0.4) is 0 Å². The monoisotopic (exact) mass is 716 g/mol. The molecule has 0 aromatic heterocycles. The third kappa shape index (κ3) is 11.0. The molecular formula is C28H19Br2F9O2. The number of alkyl halides is 6.